The summed E-state index contributed by atoms with van der Waals surface area (Å²) in [6, 6.07) is 20.6. The van der Waals surface area contributed by atoms with Crippen LogP contribution in [0.2, 0.25) is 0 Å². The standard InChI is InChI=1S/C26H23N5O3/c1-15-11-12-16(2)22(13-15)31-23(24(32)34-30-31)21-14-26(29-20-10-6-5-9-19(20)27-21)17-7-3-4-8-18(17)28-25(26)33/h3-13,23-24,29,32H,14H2,1-2H3/p+1. The molecule has 6 rings (SSSR count). The number of hydrogen-bond acceptors (Lipinski definition) is 6. The molecule has 3 atom stereocenters. The summed E-state index contributed by atoms with van der Waals surface area (Å²) in [5.74, 6) is -0.165. The second kappa shape index (κ2) is 7.50. The highest BCUT2D eigenvalue weighted by molar-refractivity contribution is 6.12. The number of hydrogen-bond donors (Lipinski definition) is 3. The van der Waals surface area contributed by atoms with Gasteiger partial charge in [0.1, 0.15) is 0 Å². The molecule has 0 bridgehead atoms. The maximum atomic E-state index is 13.5. The number of amides is 1. The van der Waals surface area contributed by atoms with Crippen molar-refractivity contribution < 1.29 is 19.4 Å². The number of nitrogens with one attached hydrogen (secondary N) is 2. The highest BCUT2D eigenvalue weighted by atomic mass is 16.7. The van der Waals surface area contributed by atoms with Crippen molar-refractivity contribution in [2.75, 3.05) is 10.6 Å². The molecular weight excluding hydrogens is 430 g/mol. The molecule has 0 fully saturated rings. The first-order valence-corrected chi connectivity index (χ1v) is 11.2. The largest absolute Gasteiger partial charge is 0.365 e. The first kappa shape index (κ1) is 20.6. The van der Waals surface area contributed by atoms with Crippen LogP contribution in [0, 0.1) is 13.8 Å². The third kappa shape index (κ3) is 3.03. The van der Waals surface area contributed by atoms with E-state index in [1.54, 1.807) is 4.70 Å². The lowest BCUT2D eigenvalue weighted by Crippen LogP contribution is -2.47. The van der Waals surface area contributed by atoms with Crippen LogP contribution in [0.15, 0.2) is 77.0 Å². The molecule has 3 unspecified atom stereocenters. The predicted octanol–water partition coefficient (Wildman–Crippen LogP) is 4.47. The molecule has 34 heavy (non-hydrogen) atoms. The maximum absolute atomic E-state index is 13.5. The van der Waals surface area contributed by atoms with E-state index in [1.807, 2.05) is 80.6 Å². The van der Waals surface area contributed by atoms with Crippen molar-refractivity contribution >= 4 is 34.4 Å². The third-order valence-corrected chi connectivity index (χ3v) is 6.71. The Morgan fingerprint density at radius 1 is 1.06 bits per heavy atom. The van der Waals surface area contributed by atoms with Gasteiger partial charge in [-0.25, -0.2) is 4.99 Å². The second-order valence-electron chi connectivity index (χ2n) is 8.98. The first-order chi connectivity index (χ1) is 16.5. The topological polar surface area (TPSA) is 98.3 Å². The summed E-state index contributed by atoms with van der Waals surface area (Å²) in [7, 11) is 0. The number of carbonyl (C=O) groups is 1. The number of benzene rings is 3. The molecule has 0 saturated carbocycles. The van der Waals surface area contributed by atoms with Crippen LogP contribution in [0.1, 0.15) is 23.1 Å². The lowest BCUT2D eigenvalue weighted by atomic mass is 9.84. The van der Waals surface area contributed by atoms with E-state index in [4.69, 9.17) is 9.83 Å². The summed E-state index contributed by atoms with van der Waals surface area (Å²) in [5.41, 5.74) is 5.41. The summed E-state index contributed by atoms with van der Waals surface area (Å²) >= 11 is 0. The maximum Gasteiger partial charge on any atom is 0.301 e. The Bertz CT molecular complexity index is 1400. The van der Waals surface area contributed by atoms with Gasteiger partial charge in [0.25, 0.3) is 11.9 Å². The van der Waals surface area contributed by atoms with Crippen molar-refractivity contribution in [2.24, 2.45) is 10.3 Å². The molecule has 0 aliphatic carbocycles. The van der Waals surface area contributed by atoms with Crippen LogP contribution in [0.4, 0.5) is 22.7 Å². The van der Waals surface area contributed by atoms with Crippen LogP contribution in [-0.2, 0) is 15.2 Å². The van der Waals surface area contributed by atoms with Crippen molar-refractivity contribution in [1.29, 1.82) is 0 Å². The molecule has 3 aromatic carbocycles. The number of para-hydroxylation sites is 3. The highest BCUT2D eigenvalue weighted by Gasteiger charge is 2.54. The first-order valence-electron chi connectivity index (χ1n) is 11.2. The molecule has 3 aromatic rings. The van der Waals surface area contributed by atoms with Gasteiger partial charge in [-0.3, -0.25) is 4.79 Å². The molecule has 0 aromatic heterocycles. The summed E-state index contributed by atoms with van der Waals surface area (Å²) in [6.07, 6.45) is -1.01. The van der Waals surface area contributed by atoms with Gasteiger partial charge in [-0.15, -0.1) is 0 Å². The number of aliphatic hydroxyl groups is 1. The number of rotatable bonds is 2. The highest BCUT2D eigenvalue weighted by Crippen LogP contribution is 2.46. The molecule has 8 nitrogen and oxygen atoms in total. The van der Waals surface area contributed by atoms with E-state index in [9.17, 15) is 9.90 Å². The van der Waals surface area contributed by atoms with Gasteiger partial charge in [0, 0.05) is 29.3 Å². The zero-order chi connectivity index (χ0) is 23.4. The average Bonchev–Trinajstić information content (AvgIpc) is 3.26. The van der Waals surface area contributed by atoms with Crippen LogP contribution in [0.3, 0.4) is 0 Å². The van der Waals surface area contributed by atoms with Crippen LogP contribution in [-0.4, -0.2) is 33.8 Å². The predicted molar refractivity (Wildman–Crippen MR) is 128 cm³/mol. The Labute approximate surface area is 196 Å². The van der Waals surface area contributed by atoms with Crippen molar-refractivity contribution in [3.8, 4) is 0 Å². The number of carbonyl (C=O) groups excluding carboxylic acids is 1. The zero-order valence-corrected chi connectivity index (χ0v) is 18.8. The minimum Gasteiger partial charge on any atom is -0.365 e. The van der Waals surface area contributed by atoms with Gasteiger partial charge < -0.3 is 20.6 Å². The van der Waals surface area contributed by atoms with Gasteiger partial charge in [-0.05, 0) is 42.3 Å². The quantitative estimate of drug-likeness (QED) is 0.498. The van der Waals surface area contributed by atoms with Crippen LogP contribution >= 0.6 is 0 Å². The smallest absolute Gasteiger partial charge is 0.301 e. The summed E-state index contributed by atoms with van der Waals surface area (Å²) < 4.78 is 1.67. The molecule has 0 saturated heterocycles. The lowest BCUT2D eigenvalue weighted by Gasteiger charge is -2.29. The number of nitrogens with zero attached hydrogens (tertiary/aromatic N) is 3. The fourth-order valence-electron chi connectivity index (χ4n) is 5.00. The van der Waals surface area contributed by atoms with E-state index in [1.165, 1.54) is 0 Å². The summed E-state index contributed by atoms with van der Waals surface area (Å²) in [5, 5.41) is 21.6. The molecule has 3 aliphatic rings. The fraction of sp³-hybridized carbons (Fsp3) is 0.231. The average molecular weight is 455 g/mol. The number of aliphatic imine (C=N–C) groups is 1. The third-order valence-electron chi connectivity index (χ3n) is 6.71. The molecule has 3 heterocycles. The van der Waals surface area contributed by atoms with Crippen molar-refractivity contribution in [1.82, 2.24) is 0 Å². The van der Waals surface area contributed by atoms with E-state index in [0.29, 0.717) is 11.4 Å². The van der Waals surface area contributed by atoms with Gasteiger partial charge in [0.15, 0.2) is 10.8 Å². The Morgan fingerprint density at radius 2 is 1.82 bits per heavy atom. The van der Waals surface area contributed by atoms with Crippen molar-refractivity contribution in [2.45, 2.75) is 38.1 Å². The molecular formula is C26H24N5O3+. The summed E-state index contributed by atoms with van der Waals surface area (Å²) in [4.78, 5) is 23.8. The van der Waals surface area contributed by atoms with Gasteiger partial charge in [0.2, 0.25) is 5.69 Å². The number of aryl methyl sites for hydroxylation is 2. The van der Waals surface area contributed by atoms with Crippen molar-refractivity contribution in [3.05, 3.63) is 83.4 Å². The fourth-order valence-corrected chi connectivity index (χ4v) is 5.00. The zero-order valence-electron chi connectivity index (χ0n) is 18.8. The van der Waals surface area contributed by atoms with Gasteiger partial charge >= 0.3 is 6.29 Å². The normalized spacial score (nSPS) is 24.9. The number of aliphatic hydroxyl groups excluding tert-OH is 1. The number of anilines is 2. The van der Waals surface area contributed by atoms with Crippen LogP contribution in [0.25, 0.3) is 0 Å². The molecule has 3 aliphatic heterocycles. The molecule has 170 valence electrons. The minimum atomic E-state index is -1.24. The monoisotopic (exact) mass is 454 g/mol. The van der Waals surface area contributed by atoms with E-state index < -0.39 is 17.9 Å². The Morgan fingerprint density at radius 3 is 2.68 bits per heavy atom. The number of fused-ring (bicyclic) bond motifs is 3. The van der Waals surface area contributed by atoms with Gasteiger partial charge in [-0.1, -0.05) is 42.5 Å². The molecule has 1 spiro atoms. The molecule has 3 N–H and O–H groups in total. The lowest BCUT2D eigenvalue weighted by molar-refractivity contribution is -0.530. The molecule has 1 amide bonds. The SMILES string of the molecule is Cc1ccc(C)c([N+]2=NOC(O)C2C2=Nc3ccccc3NC3(C2)C(=O)Nc2ccccc23)c1. The summed E-state index contributed by atoms with van der Waals surface area (Å²) in [6.45, 7) is 3.99. The van der Waals surface area contributed by atoms with E-state index in [2.05, 4.69) is 15.9 Å². The van der Waals surface area contributed by atoms with Gasteiger partial charge in [0.05, 0.1) is 17.1 Å². The Hall–Kier alpha value is -4.04. The van der Waals surface area contributed by atoms with Crippen LogP contribution < -0.4 is 10.6 Å². The Kier molecular flexibility index (Phi) is 4.53. The molecule has 8 heteroatoms. The van der Waals surface area contributed by atoms with Gasteiger partial charge in [-0.2, -0.15) is 0 Å². The second-order valence-corrected chi connectivity index (χ2v) is 8.98. The van der Waals surface area contributed by atoms with E-state index in [-0.39, 0.29) is 12.3 Å². The Balaban J connectivity index is 1.53. The van der Waals surface area contributed by atoms with E-state index >= 15 is 0 Å². The minimum absolute atomic E-state index is 0.165. The van der Waals surface area contributed by atoms with Crippen LogP contribution in [0.5, 0.6) is 0 Å². The molecule has 0 radical (unpaired) electrons. The van der Waals surface area contributed by atoms with E-state index in [0.717, 1.165) is 33.8 Å². The van der Waals surface area contributed by atoms with Crippen molar-refractivity contribution in [3.63, 3.8) is 0 Å².